The zero-order valence-corrected chi connectivity index (χ0v) is 16.8. The number of nitrogens with two attached hydrogens (primary N) is 1. The van der Waals surface area contributed by atoms with Crippen LogP contribution in [0.1, 0.15) is 56.8 Å². The summed E-state index contributed by atoms with van der Waals surface area (Å²) in [6, 6.07) is 5.08. The van der Waals surface area contributed by atoms with Crippen molar-refractivity contribution in [1.82, 2.24) is 5.32 Å². The van der Waals surface area contributed by atoms with E-state index in [4.69, 9.17) is 22.1 Å². The summed E-state index contributed by atoms with van der Waals surface area (Å²) in [5, 5.41) is 2.67. The average molecular weight is 403 g/mol. The van der Waals surface area contributed by atoms with Gasteiger partial charge < -0.3 is 15.8 Å². The number of ketones is 1. The lowest BCUT2D eigenvalue weighted by Crippen LogP contribution is -2.32. The molecule has 0 spiro atoms. The Bertz CT molecular complexity index is 601. The Hall–Kier alpha value is -2.15. The number of unbranched alkanes of at least 4 members (excludes halogenated alkanes) is 2. The standard InChI is InChI=1S/C12H22ClNO3.C7H6FNO/c1-12(2,3)17-11(16)14-8-6-4-5-7-10(15)9-13;8-6-3-1-5(2-4-6)7(9)10/h4-9H2,1-3H3,(H,14,16);1-4H,(H2,9,10). The second kappa shape index (κ2) is 13.1. The number of ether oxygens (including phenoxy) is 1. The number of hydrogen-bond acceptors (Lipinski definition) is 4. The number of amides is 2. The summed E-state index contributed by atoms with van der Waals surface area (Å²) in [6.07, 6.45) is 2.69. The molecule has 3 N–H and O–H groups in total. The van der Waals surface area contributed by atoms with Crippen LogP contribution in [0.3, 0.4) is 0 Å². The summed E-state index contributed by atoms with van der Waals surface area (Å²) in [6.45, 7) is 6.04. The number of halogens is 2. The molecule has 0 radical (unpaired) electrons. The van der Waals surface area contributed by atoms with Gasteiger partial charge in [0.1, 0.15) is 17.2 Å². The third kappa shape index (κ3) is 14.7. The van der Waals surface area contributed by atoms with E-state index in [0.29, 0.717) is 18.5 Å². The van der Waals surface area contributed by atoms with E-state index in [1.807, 2.05) is 20.8 Å². The van der Waals surface area contributed by atoms with Crippen molar-refractivity contribution in [2.45, 2.75) is 52.1 Å². The first-order valence-electron chi connectivity index (χ1n) is 8.65. The number of carbonyl (C=O) groups excluding carboxylic acids is 3. The number of nitrogens with one attached hydrogen (secondary N) is 1. The Balaban J connectivity index is 0.000000569. The number of Topliss-reactive ketones (excluding diaryl/α,β-unsaturated/α-hetero) is 1. The lowest BCUT2D eigenvalue weighted by Gasteiger charge is -2.19. The quantitative estimate of drug-likeness (QED) is 0.510. The number of primary amides is 1. The molecule has 152 valence electrons. The van der Waals surface area contributed by atoms with Crippen LogP contribution in [0.5, 0.6) is 0 Å². The zero-order chi connectivity index (χ0) is 20.9. The number of carbonyl (C=O) groups is 3. The fourth-order valence-electron chi connectivity index (χ4n) is 1.81. The Morgan fingerprint density at radius 3 is 2.19 bits per heavy atom. The molecule has 1 rings (SSSR count). The van der Waals surface area contributed by atoms with Crippen LogP contribution in [0.15, 0.2) is 24.3 Å². The first-order valence-corrected chi connectivity index (χ1v) is 9.18. The molecule has 27 heavy (non-hydrogen) atoms. The molecule has 6 nitrogen and oxygen atoms in total. The van der Waals surface area contributed by atoms with E-state index in [1.54, 1.807) is 0 Å². The third-order valence-electron chi connectivity index (χ3n) is 3.08. The van der Waals surface area contributed by atoms with Gasteiger partial charge in [-0.3, -0.25) is 9.59 Å². The minimum Gasteiger partial charge on any atom is -0.444 e. The summed E-state index contributed by atoms with van der Waals surface area (Å²) in [5.74, 6) is -0.743. The maximum atomic E-state index is 12.2. The molecule has 1 aromatic rings. The minimum absolute atomic E-state index is 0.0757. The molecular weight excluding hydrogens is 375 g/mol. The van der Waals surface area contributed by atoms with Crippen LogP contribution in [0.2, 0.25) is 0 Å². The lowest BCUT2D eigenvalue weighted by molar-refractivity contribution is -0.116. The zero-order valence-electron chi connectivity index (χ0n) is 16.0. The molecule has 0 bridgehead atoms. The molecule has 0 atom stereocenters. The van der Waals surface area contributed by atoms with Gasteiger partial charge in [0.25, 0.3) is 0 Å². The van der Waals surface area contributed by atoms with Gasteiger partial charge in [-0.05, 0) is 57.9 Å². The van der Waals surface area contributed by atoms with Gasteiger partial charge in [-0.25, -0.2) is 9.18 Å². The van der Waals surface area contributed by atoms with Crippen molar-refractivity contribution in [1.29, 1.82) is 0 Å². The molecule has 0 aliphatic carbocycles. The predicted molar refractivity (Wildman–Crippen MR) is 103 cm³/mol. The smallest absolute Gasteiger partial charge is 0.407 e. The molecule has 2 amide bonds. The van der Waals surface area contributed by atoms with Gasteiger partial charge in [0.05, 0.1) is 5.88 Å². The van der Waals surface area contributed by atoms with Gasteiger partial charge in [0, 0.05) is 18.5 Å². The number of alkyl halides is 1. The van der Waals surface area contributed by atoms with E-state index >= 15 is 0 Å². The number of alkyl carbamates (subject to hydrolysis) is 1. The Morgan fingerprint density at radius 2 is 1.70 bits per heavy atom. The summed E-state index contributed by atoms with van der Waals surface area (Å²) in [4.78, 5) is 32.5. The first kappa shape index (κ1) is 24.8. The highest BCUT2D eigenvalue weighted by molar-refractivity contribution is 6.27. The SMILES string of the molecule is CC(C)(C)OC(=O)NCCCCCC(=O)CCl.NC(=O)c1ccc(F)cc1. The van der Waals surface area contributed by atoms with Crippen molar-refractivity contribution in [2.24, 2.45) is 5.73 Å². The van der Waals surface area contributed by atoms with Gasteiger partial charge in [0.2, 0.25) is 5.91 Å². The molecule has 1 aromatic carbocycles. The van der Waals surface area contributed by atoms with Crippen LogP contribution in [0.4, 0.5) is 9.18 Å². The van der Waals surface area contributed by atoms with E-state index in [1.165, 1.54) is 24.3 Å². The van der Waals surface area contributed by atoms with Gasteiger partial charge >= 0.3 is 6.09 Å². The number of rotatable bonds is 8. The predicted octanol–water partition coefficient (Wildman–Crippen LogP) is 3.80. The highest BCUT2D eigenvalue weighted by Gasteiger charge is 2.15. The van der Waals surface area contributed by atoms with E-state index in [-0.39, 0.29) is 17.5 Å². The van der Waals surface area contributed by atoms with Crippen LogP contribution in [0, 0.1) is 5.82 Å². The monoisotopic (exact) mass is 402 g/mol. The van der Waals surface area contributed by atoms with Crippen molar-refractivity contribution >= 4 is 29.4 Å². The highest BCUT2D eigenvalue weighted by atomic mass is 35.5. The van der Waals surface area contributed by atoms with Crippen LogP contribution in [0.25, 0.3) is 0 Å². The first-order chi connectivity index (χ1) is 12.5. The average Bonchev–Trinajstić information content (AvgIpc) is 2.57. The fraction of sp³-hybridized carbons (Fsp3) is 0.526. The molecule has 0 fully saturated rings. The maximum Gasteiger partial charge on any atom is 0.407 e. The molecule has 0 saturated carbocycles. The Morgan fingerprint density at radius 1 is 1.11 bits per heavy atom. The molecule has 0 unspecified atom stereocenters. The molecule has 0 aliphatic rings. The summed E-state index contributed by atoms with van der Waals surface area (Å²) in [5.41, 5.74) is 4.76. The van der Waals surface area contributed by atoms with E-state index in [9.17, 15) is 18.8 Å². The molecular formula is C19H28ClFN2O4. The number of benzene rings is 1. The summed E-state index contributed by atoms with van der Waals surface area (Å²) in [7, 11) is 0. The van der Waals surface area contributed by atoms with Crippen LogP contribution in [-0.2, 0) is 9.53 Å². The van der Waals surface area contributed by atoms with E-state index in [2.05, 4.69) is 5.32 Å². The highest BCUT2D eigenvalue weighted by Crippen LogP contribution is 2.06. The molecule has 0 aromatic heterocycles. The minimum atomic E-state index is -0.542. The molecule has 0 saturated heterocycles. The molecule has 8 heteroatoms. The van der Waals surface area contributed by atoms with E-state index in [0.717, 1.165) is 19.3 Å². The van der Waals surface area contributed by atoms with Crippen LogP contribution in [-0.4, -0.2) is 35.8 Å². The van der Waals surface area contributed by atoms with Crippen molar-refractivity contribution in [2.75, 3.05) is 12.4 Å². The molecule has 0 heterocycles. The second-order valence-electron chi connectivity index (χ2n) is 6.78. The molecule has 0 aliphatic heterocycles. The van der Waals surface area contributed by atoms with Gasteiger partial charge in [-0.2, -0.15) is 0 Å². The van der Waals surface area contributed by atoms with Crippen molar-refractivity contribution in [3.8, 4) is 0 Å². The lowest BCUT2D eigenvalue weighted by atomic mass is 10.1. The Kier molecular flexibility index (Phi) is 12.0. The summed E-state index contributed by atoms with van der Waals surface area (Å²) >= 11 is 5.37. The van der Waals surface area contributed by atoms with Crippen molar-refractivity contribution in [3.63, 3.8) is 0 Å². The Labute approximate surface area is 164 Å². The normalized spacial score (nSPS) is 10.4. The van der Waals surface area contributed by atoms with Gasteiger partial charge in [-0.1, -0.05) is 6.42 Å². The van der Waals surface area contributed by atoms with Gasteiger partial charge in [0.15, 0.2) is 0 Å². The van der Waals surface area contributed by atoms with Gasteiger partial charge in [-0.15, -0.1) is 11.6 Å². The second-order valence-corrected chi connectivity index (χ2v) is 7.05. The van der Waals surface area contributed by atoms with Crippen molar-refractivity contribution in [3.05, 3.63) is 35.6 Å². The van der Waals surface area contributed by atoms with Crippen LogP contribution < -0.4 is 11.1 Å². The van der Waals surface area contributed by atoms with Crippen molar-refractivity contribution < 1.29 is 23.5 Å². The fourth-order valence-corrected chi connectivity index (χ4v) is 1.94. The van der Waals surface area contributed by atoms with E-state index < -0.39 is 17.6 Å². The number of hydrogen-bond donors (Lipinski definition) is 2. The topological polar surface area (TPSA) is 98.5 Å². The third-order valence-corrected chi connectivity index (χ3v) is 3.38. The maximum absolute atomic E-state index is 12.2. The van der Waals surface area contributed by atoms with Crippen LogP contribution >= 0.6 is 11.6 Å². The largest absolute Gasteiger partial charge is 0.444 e. The summed E-state index contributed by atoms with van der Waals surface area (Å²) < 4.78 is 17.3.